The lowest BCUT2D eigenvalue weighted by Crippen LogP contribution is -2.16. The predicted octanol–water partition coefficient (Wildman–Crippen LogP) is 4.02. The maximum absolute atomic E-state index is 5.88. The first kappa shape index (κ1) is 12.8. The van der Waals surface area contributed by atoms with Crippen LogP contribution in [0.1, 0.15) is 5.56 Å². The van der Waals surface area contributed by atoms with Crippen LogP contribution in [0, 0.1) is 0 Å². The fourth-order valence-electron chi connectivity index (χ4n) is 1.84. The maximum atomic E-state index is 5.88. The molecule has 0 saturated carbocycles. The molecule has 0 aliphatic heterocycles. The molecule has 3 heteroatoms. The van der Waals surface area contributed by atoms with Crippen LogP contribution in [0.2, 0.25) is 5.02 Å². The lowest BCUT2D eigenvalue weighted by atomic mass is 10.2. The molecule has 0 atom stereocenters. The number of halogens is 1. The van der Waals surface area contributed by atoms with Crippen LogP contribution in [0.15, 0.2) is 48.5 Å². The van der Waals surface area contributed by atoms with E-state index in [0.717, 1.165) is 17.3 Å². The molecule has 0 saturated heterocycles. The highest BCUT2D eigenvalue weighted by molar-refractivity contribution is 6.30. The Hall–Kier alpha value is -1.67. The van der Waals surface area contributed by atoms with Gasteiger partial charge in [0.2, 0.25) is 0 Å². The van der Waals surface area contributed by atoms with Gasteiger partial charge in [0.1, 0.15) is 0 Å². The highest BCUT2D eigenvalue weighted by Crippen LogP contribution is 2.19. The maximum Gasteiger partial charge on any atom is 0.0426 e. The molecule has 2 aromatic carbocycles. The summed E-state index contributed by atoms with van der Waals surface area (Å²) in [7, 11) is 4.01. The SMILES string of the molecule is CNc1ccc(N(C)Cc2ccc(Cl)cc2)cc1. The standard InChI is InChI=1S/C15H17ClN2/c1-17-14-7-9-15(10-8-14)18(2)11-12-3-5-13(16)6-4-12/h3-10,17H,11H2,1-2H3. The second-order valence-corrected chi connectivity index (χ2v) is 4.72. The first-order valence-electron chi connectivity index (χ1n) is 5.92. The largest absolute Gasteiger partial charge is 0.388 e. The zero-order valence-corrected chi connectivity index (χ0v) is 11.4. The topological polar surface area (TPSA) is 15.3 Å². The van der Waals surface area contributed by atoms with E-state index in [9.17, 15) is 0 Å². The normalized spacial score (nSPS) is 10.2. The Kier molecular flexibility index (Phi) is 4.11. The van der Waals surface area contributed by atoms with Gasteiger partial charge in [0.05, 0.1) is 0 Å². The van der Waals surface area contributed by atoms with Crippen LogP contribution in [0.25, 0.3) is 0 Å². The van der Waals surface area contributed by atoms with Crippen LogP contribution < -0.4 is 10.2 Å². The fraction of sp³-hybridized carbons (Fsp3) is 0.200. The summed E-state index contributed by atoms with van der Waals surface area (Å²) in [5.41, 5.74) is 3.57. The van der Waals surface area contributed by atoms with E-state index in [1.165, 1.54) is 11.3 Å². The average Bonchev–Trinajstić information content (AvgIpc) is 2.41. The summed E-state index contributed by atoms with van der Waals surface area (Å²) < 4.78 is 0. The smallest absolute Gasteiger partial charge is 0.0426 e. The van der Waals surface area contributed by atoms with E-state index in [2.05, 4.69) is 53.7 Å². The first-order valence-corrected chi connectivity index (χ1v) is 6.30. The summed E-state index contributed by atoms with van der Waals surface area (Å²) in [6, 6.07) is 16.3. The minimum Gasteiger partial charge on any atom is -0.388 e. The van der Waals surface area contributed by atoms with E-state index in [-0.39, 0.29) is 0 Å². The van der Waals surface area contributed by atoms with Gasteiger partial charge in [0, 0.05) is 37.0 Å². The number of anilines is 2. The van der Waals surface area contributed by atoms with E-state index in [1.807, 2.05) is 19.2 Å². The zero-order valence-electron chi connectivity index (χ0n) is 10.7. The molecule has 0 bridgehead atoms. The van der Waals surface area contributed by atoms with Crippen LogP contribution in [0.5, 0.6) is 0 Å². The van der Waals surface area contributed by atoms with Crippen molar-refractivity contribution >= 4 is 23.0 Å². The van der Waals surface area contributed by atoms with Crippen LogP contribution in [-0.4, -0.2) is 14.1 Å². The van der Waals surface area contributed by atoms with Gasteiger partial charge in [-0.25, -0.2) is 0 Å². The van der Waals surface area contributed by atoms with E-state index >= 15 is 0 Å². The van der Waals surface area contributed by atoms with Gasteiger partial charge < -0.3 is 10.2 Å². The van der Waals surface area contributed by atoms with E-state index in [0.29, 0.717) is 0 Å². The van der Waals surface area contributed by atoms with Crippen LogP contribution in [0.3, 0.4) is 0 Å². The lowest BCUT2D eigenvalue weighted by Gasteiger charge is -2.19. The quantitative estimate of drug-likeness (QED) is 0.893. The molecule has 1 N–H and O–H groups in total. The Morgan fingerprint density at radius 2 is 1.61 bits per heavy atom. The number of hydrogen-bond acceptors (Lipinski definition) is 2. The third-order valence-electron chi connectivity index (χ3n) is 2.93. The minimum absolute atomic E-state index is 0.778. The highest BCUT2D eigenvalue weighted by atomic mass is 35.5. The molecule has 0 amide bonds. The molecule has 18 heavy (non-hydrogen) atoms. The number of rotatable bonds is 4. The molecule has 94 valence electrons. The Morgan fingerprint density at radius 3 is 2.17 bits per heavy atom. The van der Waals surface area contributed by atoms with Crippen LogP contribution in [-0.2, 0) is 6.54 Å². The van der Waals surface area contributed by atoms with Crippen LogP contribution >= 0.6 is 11.6 Å². The molecule has 0 fully saturated rings. The van der Waals surface area contributed by atoms with Gasteiger partial charge in [-0.3, -0.25) is 0 Å². The van der Waals surface area contributed by atoms with Gasteiger partial charge in [0.25, 0.3) is 0 Å². The third-order valence-corrected chi connectivity index (χ3v) is 3.18. The van der Waals surface area contributed by atoms with Gasteiger partial charge in [0.15, 0.2) is 0 Å². The molecule has 2 aromatic rings. The Bertz CT molecular complexity index is 491. The van der Waals surface area contributed by atoms with Gasteiger partial charge in [-0.2, -0.15) is 0 Å². The first-order chi connectivity index (χ1) is 8.69. The van der Waals surface area contributed by atoms with E-state index < -0.39 is 0 Å². The lowest BCUT2D eigenvalue weighted by molar-refractivity contribution is 0.923. The van der Waals surface area contributed by atoms with Gasteiger partial charge in [-0.1, -0.05) is 23.7 Å². The van der Waals surface area contributed by atoms with Crippen molar-refractivity contribution in [1.29, 1.82) is 0 Å². The van der Waals surface area contributed by atoms with Crippen molar-refractivity contribution in [2.45, 2.75) is 6.54 Å². The monoisotopic (exact) mass is 260 g/mol. The molecule has 0 unspecified atom stereocenters. The van der Waals surface area contributed by atoms with Crippen molar-refractivity contribution in [1.82, 2.24) is 0 Å². The van der Waals surface area contributed by atoms with Crippen molar-refractivity contribution in [3.05, 3.63) is 59.1 Å². The molecule has 0 aromatic heterocycles. The van der Waals surface area contributed by atoms with Crippen molar-refractivity contribution in [2.24, 2.45) is 0 Å². The molecular weight excluding hydrogens is 244 g/mol. The highest BCUT2D eigenvalue weighted by Gasteiger charge is 2.02. The molecule has 2 nitrogen and oxygen atoms in total. The summed E-state index contributed by atoms with van der Waals surface area (Å²) in [6.45, 7) is 0.871. The van der Waals surface area contributed by atoms with Crippen molar-refractivity contribution in [3.8, 4) is 0 Å². The molecule has 0 aliphatic carbocycles. The van der Waals surface area contributed by atoms with Crippen molar-refractivity contribution in [3.63, 3.8) is 0 Å². The summed E-state index contributed by atoms with van der Waals surface area (Å²) in [5.74, 6) is 0. The molecule has 0 spiro atoms. The van der Waals surface area contributed by atoms with Crippen molar-refractivity contribution < 1.29 is 0 Å². The second-order valence-electron chi connectivity index (χ2n) is 4.28. The Labute approximate surface area is 113 Å². The number of nitrogens with one attached hydrogen (secondary N) is 1. The summed E-state index contributed by atoms with van der Waals surface area (Å²) in [6.07, 6.45) is 0. The zero-order chi connectivity index (χ0) is 13.0. The molecular formula is C15H17ClN2. The minimum atomic E-state index is 0.778. The molecule has 0 radical (unpaired) electrons. The van der Waals surface area contributed by atoms with Gasteiger partial charge in [-0.15, -0.1) is 0 Å². The Balaban J connectivity index is 2.06. The number of benzene rings is 2. The molecule has 0 aliphatic rings. The fourth-order valence-corrected chi connectivity index (χ4v) is 1.96. The summed E-state index contributed by atoms with van der Waals surface area (Å²) in [4.78, 5) is 2.21. The number of nitrogens with zero attached hydrogens (tertiary/aromatic N) is 1. The third kappa shape index (κ3) is 3.17. The predicted molar refractivity (Wildman–Crippen MR) is 79.5 cm³/mol. The van der Waals surface area contributed by atoms with Crippen LogP contribution in [0.4, 0.5) is 11.4 Å². The second kappa shape index (κ2) is 5.78. The van der Waals surface area contributed by atoms with Crippen molar-refractivity contribution in [2.75, 3.05) is 24.3 Å². The van der Waals surface area contributed by atoms with Gasteiger partial charge in [-0.05, 0) is 42.0 Å². The summed E-state index contributed by atoms with van der Waals surface area (Å²) in [5, 5.41) is 3.89. The Morgan fingerprint density at radius 1 is 1.00 bits per heavy atom. The van der Waals surface area contributed by atoms with E-state index in [1.54, 1.807) is 0 Å². The number of hydrogen-bond donors (Lipinski definition) is 1. The van der Waals surface area contributed by atoms with E-state index in [4.69, 9.17) is 11.6 Å². The van der Waals surface area contributed by atoms with Gasteiger partial charge >= 0.3 is 0 Å². The molecule has 2 rings (SSSR count). The summed E-state index contributed by atoms with van der Waals surface area (Å²) >= 11 is 5.88. The average molecular weight is 261 g/mol. The molecule has 0 heterocycles.